The molecule has 4 nitrogen and oxygen atoms in total. The number of benzene rings is 2. The standard InChI is InChI=1S/C19H21NO3/c1-4-20(13-15-7-11-17(23-3)12-8-15)19(22)18(21)16-9-5-14(2)6-10-16/h5-12H,4,13H2,1-3H3. The van der Waals surface area contributed by atoms with Crippen LogP contribution in [0.4, 0.5) is 0 Å². The molecule has 0 unspecified atom stereocenters. The van der Waals surface area contributed by atoms with Crippen molar-refractivity contribution in [2.24, 2.45) is 0 Å². The number of ether oxygens (including phenoxy) is 1. The summed E-state index contributed by atoms with van der Waals surface area (Å²) in [6.07, 6.45) is 0. The number of hydrogen-bond acceptors (Lipinski definition) is 3. The van der Waals surface area contributed by atoms with Crippen LogP contribution < -0.4 is 4.74 Å². The van der Waals surface area contributed by atoms with Gasteiger partial charge in [0.15, 0.2) is 0 Å². The van der Waals surface area contributed by atoms with Crippen LogP contribution in [0.3, 0.4) is 0 Å². The maximum Gasteiger partial charge on any atom is 0.295 e. The quantitative estimate of drug-likeness (QED) is 0.608. The van der Waals surface area contributed by atoms with Crippen molar-refractivity contribution in [3.05, 3.63) is 65.2 Å². The summed E-state index contributed by atoms with van der Waals surface area (Å²) in [5, 5.41) is 0. The van der Waals surface area contributed by atoms with Gasteiger partial charge < -0.3 is 9.64 Å². The number of methoxy groups -OCH3 is 1. The molecule has 0 aliphatic rings. The maximum absolute atomic E-state index is 12.4. The van der Waals surface area contributed by atoms with E-state index in [9.17, 15) is 9.59 Å². The summed E-state index contributed by atoms with van der Waals surface area (Å²) in [4.78, 5) is 26.3. The van der Waals surface area contributed by atoms with Gasteiger partial charge in [-0.05, 0) is 31.5 Å². The number of carbonyl (C=O) groups is 2. The number of rotatable bonds is 6. The molecule has 0 saturated carbocycles. The molecule has 0 N–H and O–H groups in total. The van der Waals surface area contributed by atoms with Gasteiger partial charge in [0.25, 0.3) is 5.91 Å². The van der Waals surface area contributed by atoms with Crippen LogP contribution in [0.15, 0.2) is 48.5 Å². The van der Waals surface area contributed by atoms with Crippen LogP contribution in [0, 0.1) is 6.92 Å². The Kier molecular flexibility index (Phi) is 5.52. The van der Waals surface area contributed by atoms with Crippen LogP contribution in [-0.2, 0) is 11.3 Å². The van der Waals surface area contributed by atoms with E-state index in [-0.39, 0.29) is 0 Å². The molecule has 0 heterocycles. The molecule has 0 bridgehead atoms. The average Bonchev–Trinajstić information content (AvgIpc) is 2.59. The lowest BCUT2D eigenvalue weighted by Crippen LogP contribution is -2.36. The van der Waals surface area contributed by atoms with Crippen molar-refractivity contribution in [1.29, 1.82) is 0 Å². The molecule has 2 aromatic carbocycles. The van der Waals surface area contributed by atoms with E-state index in [2.05, 4.69) is 0 Å². The zero-order valence-electron chi connectivity index (χ0n) is 13.7. The smallest absolute Gasteiger partial charge is 0.295 e. The number of nitrogens with zero attached hydrogens (tertiary/aromatic N) is 1. The van der Waals surface area contributed by atoms with Crippen molar-refractivity contribution in [2.75, 3.05) is 13.7 Å². The lowest BCUT2D eigenvalue weighted by molar-refractivity contribution is -0.126. The lowest BCUT2D eigenvalue weighted by atomic mass is 10.1. The van der Waals surface area contributed by atoms with Crippen molar-refractivity contribution in [3.8, 4) is 5.75 Å². The summed E-state index contributed by atoms with van der Waals surface area (Å²) < 4.78 is 5.12. The normalized spacial score (nSPS) is 10.2. The Bertz CT molecular complexity index is 675. The number of aryl methyl sites for hydroxylation is 1. The monoisotopic (exact) mass is 311 g/mol. The van der Waals surface area contributed by atoms with E-state index in [1.54, 1.807) is 24.1 Å². The van der Waals surface area contributed by atoms with Crippen molar-refractivity contribution < 1.29 is 14.3 Å². The van der Waals surface area contributed by atoms with Crippen molar-refractivity contribution >= 4 is 11.7 Å². The highest BCUT2D eigenvalue weighted by molar-refractivity contribution is 6.42. The second-order valence-corrected chi connectivity index (χ2v) is 5.36. The molecule has 0 saturated heterocycles. The van der Waals surface area contributed by atoms with E-state index in [0.717, 1.165) is 16.9 Å². The molecule has 0 aliphatic heterocycles. The van der Waals surface area contributed by atoms with E-state index < -0.39 is 11.7 Å². The van der Waals surface area contributed by atoms with Crippen molar-refractivity contribution in [1.82, 2.24) is 4.90 Å². The number of likely N-dealkylation sites (N-methyl/N-ethyl adjacent to an activating group) is 1. The summed E-state index contributed by atoms with van der Waals surface area (Å²) in [6.45, 7) is 4.68. The van der Waals surface area contributed by atoms with Crippen LogP contribution >= 0.6 is 0 Å². The minimum absolute atomic E-state index is 0.400. The summed E-state index contributed by atoms with van der Waals surface area (Å²) in [6, 6.07) is 14.5. The predicted octanol–water partition coefficient (Wildman–Crippen LogP) is 3.24. The van der Waals surface area contributed by atoms with Gasteiger partial charge in [0.1, 0.15) is 5.75 Å². The van der Waals surface area contributed by atoms with Crippen molar-refractivity contribution in [2.45, 2.75) is 20.4 Å². The first kappa shape index (κ1) is 16.7. The zero-order chi connectivity index (χ0) is 16.8. The minimum Gasteiger partial charge on any atom is -0.497 e. The number of ketones is 1. The summed E-state index contributed by atoms with van der Waals surface area (Å²) in [5.74, 6) is -0.189. The third-order valence-corrected chi connectivity index (χ3v) is 3.71. The second kappa shape index (κ2) is 7.58. The van der Waals surface area contributed by atoms with Crippen LogP contribution in [0.5, 0.6) is 5.75 Å². The van der Waals surface area contributed by atoms with Crippen LogP contribution in [0.1, 0.15) is 28.4 Å². The van der Waals surface area contributed by atoms with Gasteiger partial charge in [0, 0.05) is 18.7 Å². The number of amides is 1. The van der Waals surface area contributed by atoms with Crippen LogP contribution in [-0.4, -0.2) is 30.2 Å². The maximum atomic E-state index is 12.4. The van der Waals surface area contributed by atoms with Gasteiger partial charge in [-0.15, -0.1) is 0 Å². The molecule has 2 aromatic rings. The Morgan fingerprint density at radius 3 is 2.13 bits per heavy atom. The van der Waals surface area contributed by atoms with Gasteiger partial charge in [-0.25, -0.2) is 0 Å². The Hall–Kier alpha value is -2.62. The van der Waals surface area contributed by atoms with Crippen LogP contribution in [0.25, 0.3) is 0 Å². The Balaban J connectivity index is 2.10. The fourth-order valence-corrected chi connectivity index (χ4v) is 2.25. The third kappa shape index (κ3) is 4.19. The van der Waals surface area contributed by atoms with Gasteiger partial charge >= 0.3 is 0 Å². The first-order valence-corrected chi connectivity index (χ1v) is 7.58. The van der Waals surface area contributed by atoms with Gasteiger partial charge in [-0.2, -0.15) is 0 Å². The molecule has 0 fully saturated rings. The summed E-state index contributed by atoms with van der Waals surface area (Å²) in [7, 11) is 1.61. The molecule has 0 spiro atoms. The topological polar surface area (TPSA) is 46.6 Å². The van der Waals surface area contributed by atoms with E-state index in [1.807, 2.05) is 50.2 Å². The molecule has 2 rings (SSSR count). The molecule has 0 aliphatic carbocycles. The Morgan fingerprint density at radius 1 is 1.00 bits per heavy atom. The first-order valence-electron chi connectivity index (χ1n) is 7.58. The van der Waals surface area contributed by atoms with Gasteiger partial charge in [0.2, 0.25) is 5.78 Å². The van der Waals surface area contributed by atoms with Crippen molar-refractivity contribution in [3.63, 3.8) is 0 Å². The van der Waals surface area contributed by atoms with Gasteiger partial charge in [0.05, 0.1) is 7.11 Å². The number of hydrogen-bond donors (Lipinski definition) is 0. The zero-order valence-corrected chi connectivity index (χ0v) is 13.7. The Morgan fingerprint density at radius 2 is 1.61 bits per heavy atom. The molecule has 0 radical (unpaired) electrons. The fraction of sp³-hybridized carbons (Fsp3) is 0.263. The molecular formula is C19H21NO3. The van der Waals surface area contributed by atoms with E-state index >= 15 is 0 Å². The highest BCUT2D eigenvalue weighted by Crippen LogP contribution is 2.14. The summed E-state index contributed by atoms with van der Waals surface area (Å²) in [5.41, 5.74) is 2.44. The van der Waals surface area contributed by atoms with E-state index in [0.29, 0.717) is 18.7 Å². The largest absolute Gasteiger partial charge is 0.497 e. The summed E-state index contributed by atoms with van der Waals surface area (Å²) >= 11 is 0. The lowest BCUT2D eigenvalue weighted by Gasteiger charge is -2.20. The average molecular weight is 311 g/mol. The van der Waals surface area contributed by atoms with E-state index in [1.165, 1.54) is 0 Å². The van der Waals surface area contributed by atoms with Gasteiger partial charge in [-0.3, -0.25) is 9.59 Å². The number of carbonyl (C=O) groups excluding carboxylic acids is 2. The molecule has 23 heavy (non-hydrogen) atoms. The fourth-order valence-electron chi connectivity index (χ4n) is 2.25. The predicted molar refractivity (Wildman–Crippen MR) is 89.6 cm³/mol. The molecule has 0 atom stereocenters. The highest BCUT2D eigenvalue weighted by Gasteiger charge is 2.22. The first-order chi connectivity index (χ1) is 11.0. The molecule has 120 valence electrons. The minimum atomic E-state index is -0.479. The van der Waals surface area contributed by atoms with E-state index in [4.69, 9.17) is 4.74 Å². The molecule has 4 heteroatoms. The van der Waals surface area contributed by atoms with Crippen LogP contribution in [0.2, 0.25) is 0 Å². The molecule has 0 aromatic heterocycles. The second-order valence-electron chi connectivity index (χ2n) is 5.36. The Labute approximate surface area is 136 Å². The highest BCUT2D eigenvalue weighted by atomic mass is 16.5. The third-order valence-electron chi connectivity index (χ3n) is 3.71. The van der Waals surface area contributed by atoms with Gasteiger partial charge in [-0.1, -0.05) is 42.0 Å². The SMILES string of the molecule is CCN(Cc1ccc(OC)cc1)C(=O)C(=O)c1ccc(C)cc1. The number of Topliss-reactive ketones (excluding diaryl/α,β-unsaturated/α-hetero) is 1. The molecular weight excluding hydrogens is 290 g/mol. The molecule has 1 amide bonds.